The second-order valence-electron chi connectivity index (χ2n) is 5.74. The molecule has 2 aliphatic rings. The quantitative estimate of drug-likeness (QED) is 0.703. The van der Waals surface area contributed by atoms with Gasteiger partial charge < -0.3 is 9.47 Å². The molecule has 1 spiro atoms. The number of ether oxygens (including phenoxy) is 2. The van der Waals surface area contributed by atoms with Gasteiger partial charge in [-0.25, -0.2) is 8.42 Å². The molecular formula is C12H24N2O4S. The van der Waals surface area contributed by atoms with Crippen LogP contribution in [0.1, 0.15) is 13.8 Å². The van der Waals surface area contributed by atoms with Crippen molar-refractivity contribution >= 4 is 10.0 Å². The normalized spacial score (nSPS) is 31.8. The van der Waals surface area contributed by atoms with Gasteiger partial charge in [-0.05, 0) is 13.8 Å². The van der Waals surface area contributed by atoms with Gasteiger partial charge in [-0.3, -0.25) is 4.90 Å². The molecule has 0 saturated carbocycles. The highest BCUT2D eigenvalue weighted by Gasteiger charge is 2.42. The Labute approximate surface area is 115 Å². The SMILES string of the molecule is CC(C)N1CCOC[C@]2(C1)CN(S(C)(=O)=O)CCO2. The molecule has 6 nitrogen and oxygen atoms in total. The first kappa shape index (κ1) is 15.2. The summed E-state index contributed by atoms with van der Waals surface area (Å²) >= 11 is 0. The van der Waals surface area contributed by atoms with Crippen LogP contribution in [-0.2, 0) is 19.5 Å². The molecule has 0 amide bonds. The van der Waals surface area contributed by atoms with Gasteiger partial charge in [0.25, 0.3) is 0 Å². The molecule has 0 aliphatic carbocycles. The highest BCUT2D eigenvalue weighted by atomic mass is 32.2. The van der Waals surface area contributed by atoms with Crippen LogP contribution in [0.3, 0.4) is 0 Å². The van der Waals surface area contributed by atoms with Crippen molar-refractivity contribution in [2.24, 2.45) is 0 Å². The predicted octanol–water partition coefficient (Wildman–Crippen LogP) is -0.242. The molecule has 0 aromatic rings. The smallest absolute Gasteiger partial charge is 0.211 e. The molecule has 1 atom stereocenters. The Kier molecular flexibility index (Phi) is 4.52. The number of rotatable bonds is 2. The number of hydrogen-bond donors (Lipinski definition) is 0. The van der Waals surface area contributed by atoms with Crippen LogP contribution < -0.4 is 0 Å². The van der Waals surface area contributed by atoms with Crippen molar-refractivity contribution in [3.63, 3.8) is 0 Å². The van der Waals surface area contributed by atoms with E-state index in [1.807, 2.05) is 0 Å². The van der Waals surface area contributed by atoms with Crippen LogP contribution in [0, 0.1) is 0 Å². The maximum absolute atomic E-state index is 11.7. The average molecular weight is 292 g/mol. The lowest BCUT2D eigenvalue weighted by Gasteiger charge is -2.43. The Morgan fingerprint density at radius 2 is 1.89 bits per heavy atom. The lowest BCUT2D eigenvalue weighted by Crippen LogP contribution is -2.60. The third kappa shape index (κ3) is 3.66. The molecule has 2 heterocycles. The summed E-state index contributed by atoms with van der Waals surface area (Å²) in [5.41, 5.74) is -0.526. The minimum Gasteiger partial charge on any atom is -0.377 e. The van der Waals surface area contributed by atoms with Gasteiger partial charge >= 0.3 is 0 Å². The molecule has 0 unspecified atom stereocenters. The molecule has 0 bridgehead atoms. The summed E-state index contributed by atoms with van der Waals surface area (Å²) < 4.78 is 36.5. The van der Waals surface area contributed by atoms with Gasteiger partial charge in [0.1, 0.15) is 5.60 Å². The van der Waals surface area contributed by atoms with E-state index in [2.05, 4.69) is 18.7 Å². The zero-order valence-corrected chi connectivity index (χ0v) is 12.8. The molecule has 2 aliphatic heterocycles. The Balaban J connectivity index is 2.15. The van der Waals surface area contributed by atoms with Gasteiger partial charge in [-0.2, -0.15) is 4.31 Å². The average Bonchev–Trinajstić information content (AvgIpc) is 2.51. The van der Waals surface area contributed by atoms with Crippen LogP contribution in [0.15, 0.2) is 0 Å². The van der Waals surface area contributed by atoms with E-state index < -0.39 is 15.6 Å². The minimum atomic E-state index is -3.17. The molecule has 0 aromatic heterocycles. The Morgan fingerprint density at radius 3 is 2.53 bits per heavy atom. The molecule has 19 heavy (non-hydrogen) atoms. The van der Waals surface area contributed by atoms with E-state index in [4.69, 9.17) is 9.47 Å². The molecule has 0 radical (unpaired) electrons. The summed E-state index contributed by atoms with van der Waals surface area (Å²) in [5, 5.41) is 0. The number of nitrogens with zero attached hydrogens (tertiary/aromatic N) is 2. The van der Waals surface area contributed by atoms with Crippen molar-refractivity contribution in [2.75, 3.05) is 52.3 Å². The standard InChI is InChI=1S/C12H24N2O4S/c1-11(2)13-4-6-17-10-12(8-13)9-14(5-7-18-12)19(3,15)16/h11H,4-10H2,1-3H3/t12-/m0/s1. The number of morpholine rings is 1. The Morgan fingerprint density at radius 1 is 1.16 bits per heavy atom. The molecule has 0 N–H and O–H groups in total. The summed E-state index contributed by atoms with van der Waals surface area (Å²) in [5.74, 6) is 0. The molecule has 2 rings (SSSR count). The fraction of sp³-hybridized carbons (Fsp3) is 1.00. The zero-order chi connectivity index (χ0) is 14.1. The van der Waals surface area contributed by atoms with Crippen LogP contribution in [0.5, 0.6) is 0 Å². The lowest BCUT2D eigenvalue weighted by molar-refractivity contribution is -0.127. The van der Waals surface area contributed by atoms with Crippen LogP contribution in [-0.4, -0.2) is 81.5 Å². The van der Waals surface area contributed by atoms with E-state index in [0.717, 1.165) is 13.1 Å². The van der Waals surface area contributed by atoms with Crippen molar-refractivity contribution < 1.29 is 17.9 Å². The molecule has 2 fully saturated rings. The molecule has 0 aromatic carbocycles. The van der Waals surface area contributed by atoms with Crippen LogP contribution in [0.25, 0.3) is 0 Å². The van der Waals surface area contributed by atoms with Crippen molar-refractivity contribution in [1.29, 1.82) is 0 Å². The summed E-state index contributed by atoms with van der Waals surface area (Å²) in [6.45, 7) is 8.23. The van der Waals surface area contributed by atoms with Gasteiger partial charge in [-0.15, -0.1) is 0 Å². The maximum atomic E-state index is 11.7. The van der Waals surface area contributed by atoms with E-state index in [0.29, 0.717) is 39.0 Å². The monoisotopic (exact) mass is 292 g/mol. The third-order valence-electron chi connectivity index (χ3n) is 3.79. The van der Waals surface area contributed by atoms with E-state index in [1.54, 1.807) is 0 Å². The predicted molar refractivity (Wildman–Crippen MR) is 72.6 cm³/mol. The van der Waals surface area contributed by atoms with Crippen molar-refractivity contribution in [3.8, 4) is 0 Å². The molecule has 7 heteroatoms. The van der Waals surface area contributed by atoms with Crippen molar-refractivity contribution in [1.82, 2.24) is 9.21 Å². The van der Waals surface area contributed by atoms with E-state index in [1.165, 1.54) is 10.6 Å². The third-order valence-corrected chi connectivity index (χ3v) is 5.04. The van der Waals surface area contributed by atoms with Crippen molar-refractivity contribution in [3.05, 3.63) is 0 Å². The fourth-order valence-corrected chi connectivity index (χ4v) is 3.53. The van der Waals surface area contributed by atoms with Crippen LogP contribution in [0.4, 0.5) is 0 Å². The van der Waals surface area contributed by atoms with Gasteiger partial charge in [0, 0.05) is 32.2 Å². The van der Waals surface area contributed by atoms with E-state index in [9.17, 15) is 8.42 Å². The van der Waals surface area contributed by atoms with Crippen LogP contribution in [0.2, 0.25) is 0 Å². The zero-order valence-electron chi connectivity index (χ0n) is 12.0. The fourth-order valence-electron chi connectivity index (χ4n) is 2.65. The first-order valence-corrected chi connectivity index (χ1v) is 8.58. The van der Waals surface area contributed by atoms with Gasteiger partial charge in [0.15, 0.2) is 0 Å². The largest absolute Gasteiger partial charge is 0.377 e. The summed E-state index contributed by atoms with van der Waals surface area (Å²) in [7, 11) is -3.17. The first-order chi connectivity index (χ1) is 8.82. The maximum Gasteiger partial charge on any atom is 0.211 e. The lowest BCUT2D eigenvalue weighted by atomic mass is 10.0. The second kappa shape index (κ2) is 5.65. The van der Waals surface area contributed by atoms with Crippen LogP contribution >= 0.6 is 0 Å². The minimum absolute atomic E-state index is 0.384. The molecular weight excluding hydrogens is 268 g/mol. The van der Waals surface area contributed by atoms with Crippen molar-refractivity contribution in [2.45, 2.75) is 25.5 Å². The summed E-state index contributed by atoms with van der Waals surface area (Å²) in [4.78, 5) is 2.29. The summed E-state index contributed by atoms with van der Waals surface area (Å²) in [6, 6.07) is 0.399. The summed E-state index contributed by atoms with van der Waals surface area (Å²) in [6.07, 6.45) is 1.25. The highest BCUT2D eigenvalue weighted by molar-refractivity contribution is 7.88. The Hall–Kier alpha value is -0.210. The first-order valence-electron chi connectivity index (χ1n) is 6.73. The molecule has 112 valence electrons. The van der Waals surface area contributed by atoms with Gasteiger partial charge in [-0.1, -0.05) is 0 Å². The second-order valence-corrected chi connectivity index (χ2v) is 7.73. The number of hydrogen-bond acceptors (Lipinski definition) is 5. The molecule has 2 saturated heterocycles. The highest BCUT2D eigenvalue weighted by Crippen LogP contribution is 2.24. The van der Waals surface area contributed by atoms with Gasteiger partial charge in [0.2, 0.25) is 10.0 Å². The van der Waals surface area contributed by atoms with Gasteiger partial charge in [0.05, 0.1) is 26.1 Å². The van der Waals surface area contributed by atoms with E-state index in [-0.39, 0.29) is 0 Å². The van der Waals surface area contributed by atoms with E-state index >= 15 is 0 Å². The Bertz CT molecular complexity index is 412. The topological polar surface area (TPSA) is 59.1 Å². The number of sulfonamides is 1.